The van der Waals surface area contributed by atoms with E-state index in [4.69, 9.17) is 21.1 Å². The molecule has 0 amide bonds. The number of rotatable bonds is 5. The molecule has 0 saturated heterocycles. The van der Waals surface area contributed by atoms with Gasteiger partial charge in [-0.1, -0.05) is 11.6 Å². The topological polar surface area (TPSA) is 81.8 Å². The average Bonchev–Trinajstić information content (AvgIpc) is 2.49. The van der Waals surface area contributed by atoms with Crippen molar-refractivity contribution in [3.63, 3.8) is 0 Å². The predicted molar refractivity (Wildman–Crippen MR) is 77.1 cm³/mol. The number of aliphatic hydroxyl groups is 1. The van der Waals surface area contributed by atoms with Crippen molar-refractivity contribution in [3.05, 3.63) is 57.1 Å². The van der Waals surface area contributed by atoms with Gasteiger partial charge in [-0.25, -0.2) is 0 Å². The highest BCUT2D eigenvalue weighted by molar-refractivity contribution is 6.30. The highest BCUT2D eigenvalue weighted by Crippen LogP contribution is 2.36. The molecule has 0 fully saturated rings. The van der Waals surface area contributed by atoms with Gasteiger partial charge in [0.25, 0.3) is 0 Å². The van der Waals surface area contributed by atoms with Crippen LogP contribution in [-0.2, 0) is 6.61 Å². The Morgan fingerprint density at radius 1 is 1.24 bits per heavy atom. The number of nitro benzene ring substituents is 1. The van der Waals surface area contributed by atoms with Crippen LogP contribution in [0.1, 0.15) is 5.56 Å². The lowest BCUT2D eigenvalue weighted by Gasteiger charge is -2.11. The van der Waals surface area contributed by atoms with E-state index < -0.39 is 4.92 Å². The van der Waals surface area contributed by atoms with E-state index in [0.717, 1.165) is 0 Å². The molecular weight excluding hydrogens is 298 g/mol. The summed E-state index contributed by atoms with van der Waals surface area (Å²) in [5.74, 6) is 0.709. The van der Waals surface area contributed by atoms with Gasteiger partial charge in [0, 0.05) is 10.6 Å². The number of hydrogen-bond acceptors (Lipinski definition) is 5. The van der Waals surface area contributed by atoms with Crippen molar-refractivity contribution in [2.75, 3.05) is 7.11 Å². The fraction of sp³-hybridized carbons (Fsp3) is 0.143. The second-order valence-corrected chi connectivity index (χ2v) is 4.54. The lowest BCUT2D eigenvalue weighted by Crippen LogP contribution is -1.97. The number of hydrogen-bond donors (Lipinski definition) is 1. The number of halogens is 1. The summed E-state index contributed by atoms with van der Waals surface area (Å²) >= 11 is 5.83. The fourth-order valence-corrected chi connectivity index (χ4v) is 1.94. The van der Waals surface area contributed by atoms with Crippen molar-refractivity contribution in [2.45, 2.75) is 6.61 Å². The summed E-state index contributed by atoms with van der Waals surface area (Å²) in [6, 6.07) is 8.91. The molecule has 0 atom stereocenters. The third kappa shape index (κ3) is 3.42. The Bertz CT molecular complexity index is 674. The molecule has 0 aliphatic carbocycles. The van der Waals surface area contributed by atoms with Gasteiger partial charge in [-0.3, -0.25) is 10.1 Å². The van der Waals surface area contributed by atoms with Crippen molar-refractivity contribution in [1.29, 1.82) is 0 Å². The number of aliphatic hydroxyl groups excluding tert-OH is 1. The summed E-state index contributed by atoms with van der Waals surface area (Å²) in [7, 11) is 1.42. The Morgan fingerprint density at radius 2 is 1.95 bits per heavy atom. The molecule has 0 aliphatic rings. The second-order valence-electron chi connectivity index (χ2n) is 4.10. The molecule has 7 heteroatoms. The highest BCUT2D eigenvalue weighted by Gasteiger charge is 2.18. The van der Waals surface area contributed by atoms with E-state index in [2.05, 4.69) is 0 Å². The molecule has 110 valence electrons. The van der Waals surface area contributed by atoms with Crippen LogP contribution in [0.5, 0.6) is 17.2 Å². The summed E-state index contributed by atoms with van der Waals surface area (Å²) in [5.41, 5.74) is 0.209. The van der Waals surface area contributed by atoms with Gasteiger partial charge in [0.1, 0.15) is 11.5 Å². The predicted octanol–water partition coefficient (Wildman–Crippen LogP) is 3.54. The first kappa shape index (κ1) is 15.1. The zero-order valence-corrected chi connectivity index (χ0v) is 11.8. The molecular formula is C14H12ClNO5. The largest absolute Gasteiger partial charge is 0.496 e. The van der Waals surface area contributed by atoms with Crippen LogP contribution >= 0.6 is 11.6 Å². The Labute approximate surface area is 125 Å². The third-order valence-corrected chi connectivity index (χ3v) is 3.01. The van der Waals surface area contributed by atoms with Gasteiger partial charge in [0.05, 0.1) is 24.7 Å². The zero-order chi connectivity index (χ0) is 15.4. The van der Waals surface area contributed by atoms with Crippen LogP contribution < -0.4 is 9.47 Å². The molecule has 6 nitrogen and oxygen atoms in total. The number of nitrogens with zero attached hydrogens (tertiary/aromatic N) is 1. The van der Waals surface area contributed by atoms with E-state index in [0.29, 0.717) is 22.1 Å². The summed E-state index contributed by atoms with van der Waals surface area (Å²) in [6.45, 7) is -0.292. The van der Waals surface area contributed by atoms with Crippen LogP contribution in [0.3, 0.4) is 0 Å². The minimum atomic E-state index is -0.563. The minimum Gasteiger partial charge on any atom is -0.496 e. The van der Waals surface area contributed by atoms with Gasteiger partial charge in [0.2, 0.25) is 5.75 Å². The first-order valence-electron chi connectivity index (χ1n) is 5.94. The smallest absolute Gasteiger partial charge is 0.315 e. The van der Waals surface area contributed by atoms with Gasteiger partial charge in [-0.2, -0.15) is 0 Å². The van der Waals surface area contributed by atoms with Crippen molar-refractivity contribution in [2.24, 2.45) is 0 Å². The zero-order valence-electron chi connectivity index (χ0n) is 11.1. The maximum absolute atomic E-state index is 11.1. The van der Waals surface area contributed by atoms with Crippen molar-refractivity contribution >= 4 is 17.3 Å². The average molecular weight is 310 g/mol. The molecule has 2 rings (SSSR count). The minimum absolute atomic E-state index is 0.0535. The van der Waals surface area contributed by atoms with Gasteiger partial charge >= 0.3 is 5.69 Å². The number of ether oxygens (including phenoxy) is 2. The summed E-state index contributed by atoms with van der Waals surface area (Å²) in [5, 5.41) is 20.8. The highest BCUT2D eigenvalue weighted by atomic mass is 35.5. The molecule has 0 aromatic heterocycles. The SMILES string of the molecule is COc1ccc(Oc2ccc(Cl)cc2CO)c([N+](=O)[O-])c1. The third-order valence-electron chi connectivity index (χ3n) is 2.78. The molecule has 0 saturated carbocycles. The molecule has 2 aromatic carbocycles. The first-order chi connectivity index (χ1) is 10.0. The van der Waals surface area contributed by atoms with E-state index in [1.165, 1.54) is 25.3 Å². The molecule has 2 aromatic rings. The molecule has 0 heterocycles. The van der Waals surface area contributed by atoms with Crippen LogP contribution in [0.2, 0.25) is 5.02 Å². The van der Waals surface area contributed by atoms with Crippen LogP contribution in [0.4, 0.5) is 5.69 Å². The normalized spacial score (nSPS) is 10.2. The van der Waals surface area contributed by atoms with Gasteiger partial charge in [-0.15, -0.1) is 0 Å². The lowest BCUT2D eigenvalue weighted by molar-refractivity contribution is -0.385. The maximum Gasteiger partial charge on any atom is 0.315 e. The van der Waals surface area contributed by atoms with E-state index in [9.17, 15) is 15.2 Å². The fourth-order valence-electron chi connectivity index (χ4n) is 1.74. The quantitative estimate of drug-likeness (QED) is 0.674. The van der Waals surface area contributed by atoms with E-state index in [1.807, 2.05) is 0 Å². The van der Waals surface area contributed by atoms with Crippen LogP contribution in [0, 0.1) is 10.1 Å². The summed E-state index contributed by atoms with van der Waals surface area (Å²) in [6.07, 6.45) is 0. The van der Waals surface area contributed by atoms with Crippen LogP contribution in [-0.4, -0.2) is 17.1 Å². The van der Waals surface area contributed by atoms with Crippen molar-refractivity contribution < 1.29 is 19.5 Å². The molecule has 0 unspecified atom stereocenters. The Morgan fingerprint density at radius 3 is 2.57 bits per heavy atom. The number of benzene rings is 2. The molecule has 0 aliphatic heterocycles. The van der Waals surface area contributed by atoms with E-state index >= 15 is 0 Å². The van der Waals surface area contributed by atoms with Gasteiger partial charge in [-0.05, 0) is 30.3 Å². The summed E-state index contributed by atoms with van der Waals surface area (Å²) < 4.78 is 10.5. The van der Waals surface area contributed by atoms with Crippen LogP contribution in [0.25, 0.3) is 0 Å². The molecule has 1 N–H and O–H groups in total. The first-order valence-corrected chi connectivity index (χ1v) is 6.32. The maximum atomic E-state index is 11.1. The molecule has 21 heavy (non-hydrogen) atoms. The summed E-state index contributed by atoms with van der Waals surface area (Å²) in [4.78, 5) is 10.5. The monoisotopic (exact) mass is 309 g/mol. The van der Waals surface area contributed by atoms with E-state index in [-0.39, 0.29) is 18.0 Å². The van der Waals surface area contributed by atoms with Crippen molar-refractivity contribution in [1.82, 2.24) is 0 Å². The Kier molecular flexibility index (Phi) is 4.62. The standard InChI is InChI=1S/C14H12ClNO5/c1-20-11-3-5-14(12(7-11)16(18)19)21-13-4-2-10(15)6-9(13)8-17/h2-7,17H,8H2,1H3. The molecule has 0 radical (unpaired) electrons. The van der Waals surface area contributed by atoms with Crippen molar-refractivity contribution in [3.8, 4) is 17.2 Å². The van der Waals surface area contributed by atoms with Gasteiger partial charge < -0.3 is 14.6 Å². The van der Waals surface area contributed by atoms with Gasteiger partial charge in [0.15, 0.2) is 0 Å². The Balaban J connectivity index is 2.42. The second kappa shape index (κ2) is 6.43. The number of nitro groups is 1. The number of methoxy groups -OCH3 is 1. The van der Waals surface area contributed by atoms with E-state index in [1.54, 1.807) is 18.2 Å². The molecule has 0 spiro atoms. The lowest BCUT2D eigenvalue weighted by atomic mass is 10.2. The molecule has 0 bridgehead atoms. The Hall–Kier alpha value is -2.31. The van der Waals surface area contributed by atoms with Crippen LogP contribution in [0.15, 0.2) is 36.4 Å².